The standard InChI is InChI=1S/C25H40N4O4/c1-18(2)14-22(24(32)28-16-23(31)27-13-9-10-19(3)17-30)29(5)25(33)21(26-4)15-20-11-7-6-8-12-20/h6-8,11-12,17-19,21-22,26H,9-10,13-16H2,1-5H3,(H,27,31)(H,28,32)/t19?,21-,22-/m0/s1. The number of amides is 3. The molecule has 0 aromatic heterocycles. The fourth-order valence-electron chi connectivity index (χ4n) is 3.52. The van der Waals surface area contributed by atoms with E-state index in [1.54, 1.807) is 14.1 Å². The van der Waals surface area contributed by atoms with Crippen LogP contribution in [0.3, 0.4) is 0 Å². The van der Waals surface area contributed by atoms with Crippen molar-refractivity contribution in [2.24, 2.45) is 11.8 Å². The Balaban J connectivity index is 2.68. The van der Waals surface area contributed by atoms with Gasteiger partial charge in [-0.2, -0.15) is 0 Å². The third-order valence-electron chi connectivity index (χ3n) is 5.56. The number of carbonyl (C=O) groups is 4. The van der Waals surface area contributed by atoms with Gasteiger partial charge in [-0.3, -0.25) is 14.4 Å². The van der Waals surface area contributed by atoms with E-state index in [4.69, 9.17) is 0 Å². The van der Waals surface area contributed by atoms with Gasteiger partial charge in [0.15, 0.2) is 0 Å². The van der Waals surface area contributed by atoms with E-state index in [1.807, 2.05) is 51.1 Å². The summed E-state index contributed by atoms with van der Waals surface area (Å²) in [5.74, 6) is -0.659. The lowest BCUT2D eigenvalue weighted by Gasteiger charge is -2.31. The molecule has 3 amide bonds. The summed E-state index contributed by atoms with van der Waals surface area (Å²) in [5, 5.41) is 8.47. The molecule has 8 nitrogen and oxygen atoms in total. The Morgan fingerprint density at radius 2 is 1.73 bits per heavy atom. The zero-order chi connectivity index (χ0) is 24.8. The molecule has 0 aliphatic heterocycles. The quantitative estimate of drug-likeness (QED) is 0.272. The number of aldehydes is 1. The molecular weight excluding hydrogens is 420 g/mol. The van der Waals surface area contributed by atoms with Crippen molar-refractivity contribution in [2.75, 3.05) is 27.2 Å². The number of rotatable bonds is 15. The van der Waals surface area contributed by atoms with Crippen molar-refractivity contribution in [3.63, 3.8) is 0 Å². The third-order valence-corrected chi connectivity index (χ3v) is 5.56. The fourth-order valence-corrected chi connectivity index (χ4v) is 3.52. The Labute approximate surface area is 197 Å². The van der Waals surface area contributed by atoms with Crippen molar-refractivity contribution < 1.29 is 19.2 Å². The lowest BCUT2D eigenvalue weighted by molar-refractivity contribution is -0.141. The highest BCUT2D eigenvalue weighted by Gasteiger charge is 2.31. The van der Waals surface area contributed by atoms with E-state index in [0.717, 1.165) is 11.8 Å². The summed E-state index contributed by atoms with van der Waals surface area (Å²) >= 11 is 0. The van der Waals surface area contributed by atoms with Gasteiger partial charge >= 0.3 is 0 Å². The van der Waals surface area contributed by atoms with Gasteiger partial charge in [0.1, 0.15) is 12.3 Å². The lowest BCUT2D eigenvalue weighted by atomic mass is 9.99. The highest BCUT2D eigenvalue weighted by Crippen LogP contribution is 2.14. The first-order chi connectivity index (χ1) is 15.7. The first kappa shape index (κ1) is 28.3. The molecule has 0 aliphatic carbocycles. The van der Waals surface area contributed by atoms with E-state index < -0.39 is 12.1 Å². The Morgan fingerprint density at radius 3 is 2.30 bits per heavy atom. The molecule has 33 heavy (non-hydrogen) atoms. The van der Waals surface area contributed by atoms with E-state index in [-0.39, 0.29) is 36.1 Å². The fraction of sp³-hybridized carbons (Fsp3) is 0.600. The van der Waals surface area contributed by atoms with Crippen LogP contribution in [0.5, 0.6) is 0 Å². The number of nitrogens with one attached hydrogen (secondary N) is 3. The summed E-state index contributed by atoms with van der Waals surface area (Å²) in [5.41, 5.74) is 1.03. The second kappa shape index (κ2) is 15.2. The number of hydrogen-bond donors (Lipinski definition) is 3. The van der Waals surface area contributed by atoms with Crippen LogP contribution in [0.15, 0.2) is 30.3 Å². The molecule has 184 valence electrons. The van der Waals surface area contributed by atoms with Crippen LogP contribution in [0.2, 0.25) is 0 Å². The van der Waals surface area contributed by atoms with Crippen LogP contribution < -0.4 is 16.0 Å². The normalized spacial score (nSPS) is 13.6. The first-order valence-electron chi connectivity index (χ1n) is 11.7. The van der Waals surface area contributed by atoms with Crippen molar-refractivity contribution in [3.05, 3.63) is 35.9 Å². The molecule has 0 saturated heterocycles. The van der Waals surface area contributed by atoms with Crippen molar-refractivity contribution >= 4 is 24.0 Å². The van der Waals surface area contributed by atoms with Gasteiger partial charge < -0.3 is 25.6 Å². The van der Waals surface area contributed by atoms with Crippen molar-refractivity contribution in [1.82, 2.24) is 20.9 Å². The molecule has 1 aromatic rings. The second-order valence-electron chi connectivity index (χ2n) is 8.95. The summed E-state index contributed by atoms with van der Waals surface area (Å²) < 4.78 is 0. The summed E-state index contributed by atoms with van der Waals surface area (Å²) in [6.07, 6.45) is 3.30. The zero-order valence-corrected chi connectivity index (χ0v) is 20.6. The summed E-state index contributed by atoms with van der Waals surface area (Å²) in [6, 6.07) is 8.58. The predicted molar refractivity (Wildman–Crippen MR) is 129 cm³/mol. The zero-order valence-electron chi connectivity index (χ0n) is 20.6. The molecule has 0 fully saturated rings. The largest absolute Gasteiger partial charge is 0.355 e. The average molecular weight is 461 g/mol. The predicted octanol–water partition coefficient (Wildman–Crippen LogP) is 1.54. The van der Waals surface area contributed by atoms with Gasteiger partial charge in [-0.05, 0) is 44.2 Å². The number of nitrogens with zero attached hydrogens (tertiary/aromatic N) is 1. The van der Waals surface area contributed by atoms with E-state index >= 15 is 0 Å². The van der Waals surface area contributed by atoms with Crippen molar-refractivity contribution in [3.8, 4) is 0 Å². The van der Waals surface area contributed by atoms with Crippen LogP contribution in [0.4, 0.5) is 0 Å². The van der Waals surface area contributed by atoms with Gasteiger partial charge in [0.2, 0.25) is 17.7 Å². The number of benzene rings is 1. The number of carbonyl (C=O) groups excluding carboxylic acids is 4. The minimum atomic E-state index is -0.676. The van der Waals surface area contributed by atoms with Gasteiger partial charge in [0.05, 0.1) is 12.6 Å². The molecule has 3 atom stereocenters. The summed E-state index contributed by atoms with van der Waals surface area (Å²) in [7, 11) is 3.37. The van der Waals surface area contributed by atoms with E-state index in [9.17, 15) is 19.2 Å². The third kappa shape index (κ3) is 10.6. The van der Waals surface area contributed by atoms with Gasteiger partial charge in [0.25, 0.3) is 0 Å². The molecule has 0 radical (unpaired) electrons. The summed E-state index contributed by atoms with van der Waals surface area (Å²) in [6.45, 7) is 6.11. The highest BCUT2D eigenvalue weighted by molar-refractivity contribution is 5.91. The minimum Gasteiger partial charge on any atom is -0.355 e. The maximum atomic E-state index is 13.2. The Morgan fingerprint density at radius 1 is 1.06 bits per heavy atom. The van der Waals surface area contributed by atoms with Crippen LogP contribution in [0, 0.1) is 11.8 Å². The monoisotopic (exact) mass is 460 g/mol. The van der Waals surface area contributed by atoms with Gasteiger partial charge in [-0.15, -0.1) is 0 Å². The Hall–Kier alpha value is -2.74. The lowest BCUT2D eigenvalue weighted by Crippen LogP contribution is -2.54. The van der Waals surface area contributed by atoms with Gasteiger partial charge in [0, 0.05) is 19.5 Å². The van der Waals surface area contributed by atoms with Gasteiger partial charge in [-0.1, -0.05) is 51.1 Å². The second-order valence-corrected chi connectivity index (χ2v) is 8.95. The van der Waals surface area contributed by atoms with E-state index in [2.05, 4.69) is 16.0 Å². The molecule has 0 spiro atoms. The SMILES string of the molecule is CN[C@@H](Cc1ccccc1)C(=O)N(C)[C@@H](CC(C)C)C(=O)NCC(=O)NCCCC(C)C=O. The van der Waals surface area contributed by atoms with Crippen LogP contribution in [0.1, 0.15) is 45.6 Å². The van der Waals surface area contributed by atoms with Crippen molar-refractivity contribution in [1.29, 1.82) is 0 Å². The Bertz CT molecular complexity index is 754. The highest BCUT2D eigenvalue weighted by atomic mass is 16.2. The first-order valence-corrected chi connectivity index (χ1v) is 11.7. The molecule has 1 unspecified atom stereocenters. The molecule has 1 aromatic carbocycles. The molecular formula is C25H40N4O4. The van der Waals surface area contributed by atoms with Crippen LogP contribution in [0.25, 0.3) is 0 Å². The maximum Gasteiger partial charge on any atom is 0.243 e. The van der Waals surface area contributed by atoms with Crippen LogP contribution >= 0.6 is 0 Å². The smallest absolute Gasteiger partial charge is 0.243 e. The Kier molecular flexibility index (Phi) is 13.0. The van der Waals surface area contributed by atoms with Crippen LogP contribution in [-0.4, -0.2) is 68.2 Å². The topological polar surface area (TPSA) is 108 Å². The molecule has 0 bridgehead atoms. The molecule has 0 heterocycles. The van der Waals surface area contributed by atoms with E-state index in [0.29, 0.717) is 32.2 Å². The maximum absolute atomic E-state index is 13.2. The minimum absolute atomic E-state index is 0.0326. The molecule has 3 N–H and O–H groups in total. The number of likely N-dealkylation sites (N-methyl/N-ethyl adjacent to an activating group) is 2. The molecule has 0 saturated carbocycles. The van der Waals surface area contributed by atoms with Gasteiger partial charge in [-0.25, -0.2) is 0 Å². The molecule has 0 aliphatic rings. The average Bonchev–Trinajstić information content (AvgIpc) is 2.81. The molecule has 1 rings (SSSR count). The number of hydrogen-bond acceptors (Lipinski definition) is 5. The van der Waals surface area contributed by atoms with Crippen LogP contribution in [-0.2, 0) is 25.6 Å². The van der Waals surface area contributed by atoms with Crippen molar-refractivity contribution in [2.45, 2.75) is 58.5 Å². The molecule has 8 heteroatoms. The summed E-state index contributed by atoms with van der Waals surface area (Å²) in [4.78, 5) is 50.3. The van der Waals surface area contributed by atoms with E-state index in [1.165, 1.54) is 4.90 Å².